The molecule has 0 fully saturated rings. The summed E-state index contributed by atoms with van der Waals surface area (Å²) < 4.78 is 2.25. The Labute approximate surface area is 119 Å². The van der Waals surface area contributed by atoms with Crippen molar-refractivity contribution in [1.29, 1.82) is 0 Å². The molecular formula is C10H10Br2N2S2. The maximum atomic E-state index is 5.60. The van der Waals surface area contributed by atoms with E-state index in [2.05, 4.69) is 60.2 Å². The Balaban J connectivity index is 2.12. The molecule has 2 heterocycles. The number of hydrogen-bond acceptors (Lipinski definition) is 4. The summed E-state index contributed by atoms with van der Waals surface area (Å²) in [4.78, 5) is 2.57. The summed E-state index contributed by atoms with van der Waals surface area (Å²) >= 11 is 10.4. The zero-order valence-electron chi connectivity index (χ0n) is 8.24. The molecule has 3 N–H and O–H groups in total. The van der Waals surface area contributed by atoms with Gasteiger partial charge in [0.05, 0.1) is 6.04 Å². The van der Waals surface area contributed by atoms with Gasteiger partial charge in [-0.1, -0.05) is 0 Å². The third-order valence-corrected chi connectivity index (χ3v) is 5.69. The van der Waals surface area contributed by atoms with Crippen molar-refractivity contribution < 1.29 is 0 Å². The van der Waals surface area contributed by atoms with Crippen LogP contribution in [0.3, 0.4) is 0 Å². The van der Waals surface area contributed by atoms with Crippen molar-refractivity contribution in [3.05, 3.63) is 41.6 Å². The van der Waals surface area contributed by atoms with E-state index in [1.54, 1.807) is 22.7 Å². The lowest BCUT2D eigenvalue weighted by atomic mass is 10.1. The van der Waals surface area contributed by atoms with Crippen LogP contribution in [0, 0.1) is 0 Å². The van der Waals surface area contributed by atoms with Gasteiger partial charge in [0.25, 0.3) is 0 Å². The number of thiophene rings is 2. The summed E-state index contributed by atoms with van der Waals surface area (Å²) in [6.07, 6.45) is 0.916. The highest BCUT2D eigenvalue weighted by Gasteiger charge is 2.13. The van der Waals surface area contributed by atoms with Crippen LogP contribution >= 0.6 is 54.5 Å². The molecule has 0 saturated carbocycles. The third kappa shape index (κ3) is 3.15. The number of rotatable bonds is 4. The highest BCUT2D eigenvalue weighted by Crippen LogP contribution is 2.29. The van der Waals surface area contributed by atoms with Crippen LogP contribution in [0.1, 0.15) is 15.8 Å². The summed E-state index contributed by atoms with van der Waals surface area (Å²) in [5, 5.41) is 4.16. The van der Waals surface area contributed by atoms with E-state index in [0.29, 0.717) is 0 Å². The number of hydrazine groups is 1. The van der Waals surface area contributed by atoms with Gasteiger partial charge in [-0.15, -0.1) is 22.7 Å². The molecule has 0 bridgehead atoms. The molecule has 0 radical (unpaired) electrons. The Bertz CT molecular complexity index is 467. The van der Waals surface area contributed by atoms with Crippen LogP contribution in [0.5, 0.6) is 0 Å². The molecule has 1 unspecified atom stereocenters. The largest absolute Gasteiger partial charge is 0.271 e. The quantitative estimate of drug-likeness (QED) is 0.618. The van der Waals surface area contributed by atoms with Crippen LogP contribution in [0.25, 0.3) is 0 Å². The maximum absolute atomic E-state index is 5.60. The van der Waals surface area contributed by atoms with E-state index >= 15 is 0 Å². The van der Waals surface area contributed by atoms with Gasteiger partial charge in [-0.05, 0) is 44.0 Å². The van der Waals surface area contributed by atoms with E-state index in [1.807, 2.05) is 0 Å². The van der Waals surface area contributed by atoms with Crippen molar-refractivity contribution in [2.75, 3.05) is 0 Å². The first-order chi connectivity index (χ1) is 7.69. The molecule has 6 heteroatoms. The van der Waals surface area contributed by atoms with Crippen LogP contribution in [-0.4, -0.2) is 0 Å². The lowest BCUT2D eigenvalue weighted by Crippen LogP contribution is -2.28. The minimum Gasteiger partial charge on any atom is -0.271 e. The van der Waals surface area contributed by atoms with E-state index in [-0.39, 0.29) is 6.04 Å². The Morgan fingerprint density at radius 3 is 2.38 bits per heavy atom. The van der Waals surface area contributed by atoms with Gasteiger partial charge < -0.3 is 0 Å². The summed E-state index contributed by atoms with van der Waals surface area (Å²) in [7, 11) is 0. The Morgan fingerprint density at radius 1 is 1.19 bits per heavy atom. The minimum atomic E-state index is 0.182. The molecule has 2 aromatic rings. The number of nitrogens with two attached hydrogens (primary N) is 1. The molecule has 2 rings (SSSR count). The molecule has 16 heavy (non-hydrogen) atoms. The monoisotopic (exact) mass is 380 g/mol. The lowest BCUT2D eigenvalue weighted by molar-refractivity contribution is 0.564. The first kappa shape index (κ1) is 12.7. The van der Waals surface area contributed by atoms with Crippen molar-refractivity contribution in [3.8, 4) is 0 Å². The van der Waals surface area contributed by atoms with Crippen LogP contribution in [0.4, 0.5) is 0 Å². The van der Waals surface area contributed by atoms with Crippen molar-refractivity contribution in [2.24, 2.45) is 5.84 Å². The normalized spacial score (nSPS) is 12.9. The molecule has 0 amide bonds. The van der Waals surface area contributed by atoms with Crippen molar-refractivity contribution in [2.45, 2.75) is 12.5 Å². The molecule has 86 valence electrons. The molecule has 0 spiro atoms. The molecule has 0 aliphatic rings. The molecule has 0 saturated heterocycles. The second-order valence-corrected chi connectivity index (χ2v) is 7.09. The fraction of sp³-hybridized carbons (Fsp3) is 0.200. The van der Waals surface area contributed by atoms with Crippen LogP contribution in [0.2, 0.25) is 0 Å². The third-order valence-electron chi connectivity index (χ3n) is 2.16. The molecule has 0 aliphatic heterocycles. The fourth-order valence-electron chi connectivity index (χ4n) is 1.41. The summed E-state index contributed by atoms with van der Waals surface area (Å²) in [5.41, 5.74) is 2.87. The van der Waals surface area contributed by atoms with Gasteiger partial charge >= 0.3 is 0 Å². The zero-order chi connectivity index (χ0) is 11.5. The van der Waals surface area contributed by atoms with Gasteiger partial charge in [-0.2, -0.15) is 0 Å². The minimum absolute atomic E-state index is 0.182. The first-order valence-corrected chi connectivity index (χ1v) is 7.96. The van der Waals surface area contributed by atoms with E-state index < -0.39 is 0 Å². The Hall–Kier alpha value is 0.280. The van der Waals surface area contributed by atoms with Gasteiger partial charge in [0.1, 0.15) is 0 Å². The zero-order valence-corrected chi connectivity index (χ0v) is 13.0. The summed E-state index contributed by atoms with van der Waals surface area (Å²) in [5.74, 6) is 5.60. The molecule has 0 aliphatic carbocycles. The SMILES string of the molecule is NNC(Cc1cc(Br)cs1)c1cc(Br)cs1. The number of hydrogen-bond donors (Lipinski definition) is 2. The first-order valence-electron chi connectivity index (χ1n) is 4.62. The maximum Gasteiger partial charge on any atom is 0.0601 e. The summed E-state index contributed by atoms with van der Waals surface area (Å²) in [6.45, 7) is 0. The standard InChI is InChI=1S/C10H10Br2N2S2/c11-6-1-8(15-4-6)3-9(14-13)10-2-7(12)5-16-10/h1-2,4-5,9,14H,3,13H2. The number of nitrogens with one attached hydrogen (secondary N) is 1. The van der Waals surface area contributed by atoms with Gasteiger partial charge in [0.15, 0.2) is 0 Å². The molecule has 0 aromatic carbocycles. The van der Waals surface area contributed by atoms with Crippen LogP contribution in [0.15, 0.2) is 31.8 Å². The smallest absolute Gasteiger partial charge is 0.0601 e. The average molecular weight is 382 g/mol. The van der Waals surface area contributed by atoms with Crippen molar-refractivity contribution in [1.82, 2.24) is 5.43 Å². The summed E-state index contributed by atoms with van der Waals surface area (Å²) in [6, 6.07) is 4.43. The van der Waals surface area contributed by atoms with E-state index in [0.717, 1.165) is 15.4 Å². The van der Waals surface area contributed by atoms with Gasteiger partial charge in [-0.3, -0.25) is 11.3 Å². The molecular weight excluding hydrogens is 372 g/mol. The van der Waals surface area contributed by atoms with E-state index in [1.165, 1.54) is 9.75 Å². The Morgan fingerprint density at radius 2 is 1.88 bits per heavy atom. The van der Waals surface area contributed by atoms with Gasteiger partial charge in [0, 0.05) is 35.9 Å². The molecule has 2 aromatic heterocycles. The fourth-order valence-corrected chi connectivity index (χ4v) is 4.42. The van der Waals surface area contributed by atoms with E-state index in [4.69, 9.17) is 5.84 Å². The Kier molecular flexibility index (Phi) is 4.57. The second kappa shape index (κ2) is 5.75. The highest BCUT2D eigenvalue weighted by molar-refractivity contribution is 9.10. The van der Waals surface area contributed by atoms with Gasteiger partial charge in [0.2, 0.25) is 0 Å². The second-order valence-electron chi connectivity index (χ2n) is 3.32. The van der Waals surface area contributed by atoms with Crippen LogP contribution < -0.4 is 11.3 Å². The highest BCUT2D eigenvalue weighted by atomic mass is 79.9. The van der Waals surface area contributed by atoms with Gasteiger partial charge in [-0.25, -0.2) is 0 Å². The average Bonchev–Trinajstić information content (AvgIpc) is 2.84. The van der Waals surface area contributed by atoms with E-state index in [9.17, 15) is 0 Å². The predicted octanol–water partition coefficient (Wildman–Crippen LogP) is 4.08. The molecule has 2 nitrogen and oxygen atoms in total. The molecule has 1 atom stereocenters. The van der Waals surface area contributed by atoms with Crippen molar-refractivity contribution >= 4 is 54.5 Å². The number of halogens is 2. The van der Waals surface area contributed by atoms with Crippen LogP contribution in [-0.2, 0) is 6.42 Å². The van der Waals surface area contributed by atoms with Crippen molar-refractivity contribution in [3.63, 3.8) is 0 Å². The topological polar surface area (TPSA) is 38.0 Å². The predicted molar refractivity (Wildman–Crippen MR) is 77.8 cm³/mol. The lowest BCUT2D eigenvalue weighted by Gasteiger charge is -2.12.